The van der Waals surface area contributed by atoms with Gasteiger partial charge in [0.1, 0.15) is 11.5 Å². The van der Waals surface area contributed by atoms with Crippen LogP contribution in [0.3, 0.4) is 0 Å². The fraction of sp³-hybridized carbons (Fsp3) is 0. The second kappa shape index (κ2) is 9.34. The molecule has 0 aliphatic rings. The molecule has 5 rings (SSSR count). The highest BCUT2D eigenvalue weighted by Crippen LogP contribution is 2.34. The van der Waals surface area contributed by atoms with Gasteiger partial charge in [-0.05, 0) is 54.6 Å². The lowest BCUT2D eigenvalue weighted by molar-refractivity contribution is -0.191. The van der Waals surface area contributed by atoms with Crippen LogP contribution in [-0.2, 0) is 9.59 Å². The summed E-state index contributed by atoms with van der Waals surface area (Å²) in [5.41, 5.74) is 10.4. The number of hydrogen-bond donors (Lipinski definition) is 2. The van der Waals surface area contributed by atoms with Crippen LogP contribution >= 0.6 is 0 Å². The summed E-state index contributed by atoms with van der Waals surface area (Å²) in [6, 6.07) is 23.3. The molecule has 0 aliphatic heterocycles. The van der Waals surface area contributed by atoms with Crippen molar-refractivity contribution < 1.29 is 14.3 Å². The van der Waals surface area contributed by atoms with Crippen molar-refractivity contribution in [3.63, 3.8) is 0 Å². The molecule has 2 aromatic carbocycles. The van der Waals surface area contributed by atoms with Crippen molar-refractivity contribution in [2.75, 3.05) is 5.73 Å². The van der Waals surface area contributed by atoms with Crippen molar-refractivity contribution in [1.29, 1.82) is 0 Å². The van der Waals surface area contributed by atoms with E-state index in [1.54, 1.807) is 12.4 Å². The number of nitrogens with zero attached hydrogens (tertiary/aromatic N) is 3. The molecule has 3 heterocycles. The van der Waals surface area contributed by atoms with Gasteiger partial charge in [-0.15, -0.1) is 0 Å². The summed E-state index contributed by atoms with van der Waals surface area (Å²) < 4.78 is 5.89. The second-order valence-electron chi connectivity index (χ2n) is 6.65. The monoisotopic (exact) mass is 423 g/mol. The molecule has 8 heteroatoms. The van der Waals surface area contributed by atoms with Gasteiger partial charge in [-0.3, -0.25) is 10.1 Å². The van der Waals surface area contributed by atoms with Crippen LogP contribution in [0, 0.1) is 0 Å². The third kappa shape index (κ3) is 4.35. The smallest absolute Gasteiger partial charge is 0.373 e. The SMILES string of the molecule is Nc1n[nH]c2cc(-c3cccnc3)nc(-c3ccc(Oc4ccccc4)cc3)c12.O=C=O. The van der Waals surface area contributed by atoms with E-state index in [9.17, 15) is 0 Å². The Morgan fingerprint density at radius 3 is 2.28 bits per heavy atom. The van der Waals surface area contributed by atoms with Gasteiger partial charge in [0.05, 0.1) is 22.3 Å². The van der Waals surface area contributed by atoms with Crippen LogP contribution in [0.2, 0.25) is 0 Å². The number of rotatable bonds is 4. The van der Waals surface area contributed by atoms with Crippen LogP contribution in [0.4, 0.5) is 5.82 Å². The first-order valence-corrected chi connectivity index (χ1v) is 9.57. The summed E-state index contributed by atoms with van der Waals surface area (Å²) in [7, 11) is 0. The van der Waals surface area contributed by atoms with E-state index in [0.717, 1.165) is 44.9 Å². The normalized spacial score (nSPS) is 10.1. The van der Waals surface area contributed by atoms with E-state index in [-0.39, 0.29) is 6.15 Å². The number of fused-ring (bicyclic) bond motifs is 1. The van der Waals surface area contributed by atoms with Gasteiger partial charge in [0.2, 0.25) is 0 Å². The molecule has 8 nitrogen and oxygen atoms in total. The van der Waals surface area contributed by atoms with E-state index in [1.165, 1.54) is 0 Å². The lowest BCUT2D eigenvalue weighted by Gasteiger charge is -2.09. The third-order valence-corrected chi connectivity index (χ3v) is 4.64. The van der Waals surface area contributed by atoms with Crippen LogP contribution in [-0.4, -0.2) is 26.3 Å². The fourth-order valence-corrected chi connectivity index (χ4v) is 3.25. The summed E-state index contributed by atoms with van der Waals surface area (Å²) in [5.74, 6) is 1.96. The zero-order valence-electron chi connectivity index (χ0n) is 16.7. The molecule has 0 atom stereocenters. The van der Waals surface area contributed by atoms with Crippen LogP contribution in [0.25, 0.3) is 33.4 Å². The third-order valence-electron chi connectivity index (χ3n) is 4.64. The minimum absolute atomic E-state index is 0.250. The van der Waals surface area contributed by atoms with Crippen LogP contribution < -0.4 is 10.5 Å². The number of benzene rings is 2. The van der Waals surface area contributed by atoms with E-state index < -0.39 is 0 Å². The van der Waals surface area contributed by atoms with Gasteiger partial charge in [-0.1, -0.05) is 18.2 Å². The highest BCUT2D eigenvalue weighted by Gasteiger charge is 2.15. The topological polar surface area (TPSA) is 124 Å². The Hall–Kier alpha value is -4.81. The average Bonchev–Trinajstić information content (AvgIpc) is 3.22. The Morgan fingerprint density at radius 1 is 0.875 bits per heavy atom. The number of para-hydroxylation sites is 1. The Balaban J connectivity index is 0.000000775. The Labute approximate surface area is 182 Å². The number of nitrogens with two attached hydrogens (primary N) is 1. The van der Waals surface area contributed by atoms with Crippen LogP contribution in [0.1, 0.15) is 0 Å². The number of anilines is 1. The van der Waals surface area contributed by atoms with E-state index in [0.29, 0.717) is 5.82 Å². The first-order chi connectivity index (χ1) is 15.7. The fourth-order valence-electron chi connectivity index (χ4n) is 3.25. The number of carbonyl (C=O) groups excluding carboxylic acids is 2. The summed E-state index contributed by atoms with van der Waals surface area (Å²) >= 11 is 0. The van der Waals surface area contributed by atoms with E-state index in [4.69, 9.17) is 25.0 Å². The maximum absolute atomic E-state index is 8.12. The van der Waals surface area contributed by atoms with E-state index in [2.05, 4.69) is 15.2 Å². The number of pyridine rings is 2. The molecule has 32 heavy (non-hydrogen) atoms. The van der Waals surface area contributed by atoms with E-state index >= 15 is 0 Å². The van der Waals surface area contributed by atoms with Gasteiger partial charge in [-0.2, -0.15) is 14.7 Å². The van der Waals surface area contributed by atoms with Crippen LogP contribution in [0.15, 0.2) is 85.2 Å². The van der Waals surface area contributed by atoms with Gasteiger partial charge >= 0.3 is 6.15 Å². The first-order valence-electron chi connectivity index (χ1n) is 9.57. The van der Waals surface area contributed by atoms with Crippen molar-refractivity contribution in [2.24, 2.45) is 0 Å². The van der Waals surface area contributed by atoms with Gasteiger partial charge in [0, 0.05) is 23.5 Å². The minimum Gasteiger partial charge on any atom is -0.457 e. The van der Waals surface area contributed by atoms with Gasteiger partial charge < -0.3 is 10.5 Å². The summed E-state index contributed by atoms with van der Waals surface area (Å²) in [6.45, 7) is 0. The highest BCUT2D eigenvalue weighted by molar-refractivity contribution is 6.01. The van der Waals surface area contributed by atoms with Crippen LogP contribution in [0.5, 0.6) is 11.5 Å². The van der Waals surface area contributed by atoms with Gasteiger partial charge in [0.15, 0.2) is 5.82 Å². The van der Waals surface area contributed by atoms with Crippen molar-refractivity contribution in [3.8, 4) is 34.0 Å². The highest BCUT2D eigenvalue weighted by atomic mass is 16.5. The molecule has 0 saturated heterocycles. The number of hydrogen-bond acceptors (Lipinski definition) is 7. The maximum atomic E-state index is 8.12. The second-order valence-corrected chi connectivity index (χ2v) is 6.65. The van der Waals surface area contributed by atoms with Gasteiger partial charge in [-0.25, -0.2) is 4.98 Å². The van der Waals surface area contributed by atoms with Crippen molar-refractivity contribution >= 4 is 22.9 Å². The van der Waals surface area contributed by atoms with Crippen molar-refractivity contribution in [3.05, 3.63) is 85.2 Å². The van der Waals surface area contributed by atoms with Crippen molar-refractivity contribution in [1.82, 2.24) is 20.2 Å². The zero-order chi connectivity index (χ0) is 22.3. The number of ether oxygens (including phenoxy) is 1. The molecule has 0 unspecified atom stereocenters. The van der Waals surface area contributed by atoms with E-state index in [1.807, 2.05) is 72.8 Å². The molecule has 0 amide bonds. The zero-order valence-corrected chi connectivity index (χ0v) is 16.7. The number of aromatic nitrogens is 4. The standard InChI is InChI=1S/C23H17N5O.CO2/c24-23-21-20(27-28-23)13-19(16-5-4-12-25-14-16)26-22(21)15-8-10-18(11-9-15)29-17-6-2-1-3-7-17;2-1-3/h1-14H,(H3,24,27,28);. The molecule has 0 aliphatic carbocycles. The number of aromatic amines is 1. The molecule has 3 aromatic heterocycles. The Morgan fingerprint density at radius 2 is 1.59 bits per heavy atom. The number of nitrogen functional groups attached to an aromatic ring is 1. The molecule has 3 N–H and O–H groups in total. The maximum Gasteiger partial charge on any atom is 0.373 e. The minimum atomic E-state index is 0.250. The molecular weight excluding hydrogens is 406 g/mol. The first kappa shape index (κ1) is 20.5. The summed E-state index contributed by atoms with van der Waals surface area (Å²) in [6.07, 6.45) is 3.77. The molecule has 0 saturated carbocycles. The molecule has 0 fully saturated rings. The molecular formula is C24H17N5O3. The predicted octanol–water partition coefficient (Wildman–Crippen LogP) is 4.48. The Bertz CT molecular complexity index is 1360. The molecule has 0 radical (unpaired) electrons. The molecule has 0 bridgehead atoms. The largest absolute Gasteiger partial charge is 0.457 e. The van der Waals surface area contributed by atoms with Crippen molar-refractivity contribution in [2.45, 2.75) is 0 Å². The molecule has 0 spiro atoms. The lowest BCUT2D eigenvalue weighted by atomic mass is 10.0. The average molecular weight is 423 g/mol. The molecule has 156 valence electrons. The summed E-state index contributed by atoms with van der Waals surface area (Å²) in [5, 5.41) is 7.95. The number of H-pyrrole nitrogens is 1. The molecule has 5 aromatic rings. The Kier molecular flexibility index (Phi) is 5.97. The number of nitrogens with one attached hydrogen (secondary N) is 1. The quantitative estimate of drug-likeness (QED) is 0.437. The van der Waals surface area contributed by atoms with Gasteiger partial charge in [0.25, 0.3) is 0 Å². The lowest BCUT2D eigenvalue weighted by Crippen LogP contribution is -1.93. The predicted molar refractivity (Wildman–Crippen MR) is 118 cm³/mol. The summed E-state index contributed by atoms with van der Waals surface area (Å²) in [4.78, 5) is 25.3.